The molecule has 0 aliphatic rings. The van der Waals surface area contributed by atoms with Crippen molar-refractivity contribution in [2.45, 2.75) is 33.5 Å². The molecule has 0 aliphatic carbocycles. The van der Waals surface area contributed by atoms with Crippen molar-refractivity contribution in [1.29, 1.82) is 0 Å². The molecule has 0 unspecified atom stereocenters. The molecule has 2 nitrogen and oxygen atoms in total. The van der Waals surface area contributed by atoms with Crippen molar-refractivity contribution in [1.82, 2.24) is 0 Å². The summed E-state index contributed by atoms with van der Waals surface area (Å²) >= 11 is 0. The Bertz CT molecular complexity index is 144. The summed E-state index contributed by atoms with van der Waals surface area (Å²) in [6.45, 7) is 7.33. The minimum Gasteiger partial charge on any atom is -0.353 e. The van der Waals surface area contributed by atoms with Crippen LogP contribution in [0.15, 0.2) is 24.3 Å². The van der Waals surface area contributed by atoms with E-state index in [2.05, 4.69) is 6.08 Å². The van der Waals surface area contributed by atoms with Crippen LogP contribution in [0.2, 0.25) is 0 Å². The molecular formula is C11H20O2. The van der Waals surface area contributed by atoms with Gasteiger partial charge in [0.15, 0.2) is 6.29 Å². The molecule has 13 heavy (non-hydrogen) atoms. The van der Waals surface area contributed by atoms with Crippen LogP contribution in [0.4, 0.5) is 0 Å². The van der Waals surface area contributed by atoms with Crippen molar-refractivity contribution < 1.29 is 9.47 Å². The third-order valence-corrected chi connectivity index (χ3v) is 1.47. The molecular weight excluding hydrogens is 164 g/mol. The first-order valence-electron chi connectivity index (χ1n) is 4.86. The van der Waals surface area contributed by atoms with E-state index >= 15 is 0 Å². The summed E-state index contributed by atoms with van der Waals surface area (Å²) in [4.78, 5) is 0. The van der Waals surface area contributed by atoms with Gasteiger partial charge in [-0.05, 0) is 20.8 Å². The monoisotopic (exact) mass is 184 g/mol. The average Bonchev–Trinajstić information content (AvgIpc) is 2.13. The molecule has 0 bridgehead atoms. The van der Waals surface area contributed by atoms with E-state index in [9.17, 15) is 0 Å². The predicted octanol–water partition coefficient (Wildman–Crippen LogP) is 2.91. The van der Waals surface area contributed by atoms with E-state index in [4.69, 9.17) is 9.47 Å². The lowest BCUT2D eigenvalue weighted by Gasteiger charge is -2.14. The van der Waals surface area contributed by atoms with Crippen LogP contribution < -0.4 is 0 Å². The first-order valence-corrected chi connectivity index (χ1v) is 4.86. The Balaban J connectivity index is 3.66. The number of hydrogen-bond acceptors (Lipinski definition) is 2. The van der Waals surface area contributed by atoms with Crippen LogP contribution in [0, 0.1) is 0 Å². The highest BCUT2D eigenvalue weighted by molar-refractivity contribution is 5.01. The number of rotatable bonds is 7. The standard InChI is InChI=1S/C11H20O2/c1-4-7-8-9-10-11(12-5-2)13-6-3/h4,7-9,11H,5-6,10H2,1-3H3/b7-4-,9-8+. The molecule has 0 saturated heterocycles. The zero-order chi connectivity index (χ0) is 9.94. The Hall–Kier alpha value is -0.600. The molecule has 0 saturated carbocycles. The fraction of sp³-hybridized carbons (Fsp3) is 0.636. The van der Waals surface area contributed by atoms with Crippen molar-refractivity contribution in [3.63, 3.8) is 0 Å². The second-order valence-electron chi connectivity index (χ2n) is 2.53. The van der Waals surface area contributed by atoms with Crippen molar-refractivity contribution >= 4 is 0 Å². The van der Waals surface area contributed by atoms with Gasteiger partial charge in [0.2, 0.25) is 0 Å². The van der Waals surface area contributed by atoms with Crippen molar-refractivity contribution in [3.8, 4) is 0 Å². The molecule has 0 amide bonds. The highest BCUT2D eigenvalue weighted by Crippen LogP contribution is 2.01. The molecule has 0 aliphatic heterocycles. The molecule has 0 N–H and O–H groups in total. The molecule has 0 aromatic rings. The molecule has 0 fully saturated rings. The van der Waals surface area contributed by atoms with Gasteiger partial charge < -0.3 is 9.47 Å². The zero-order valence-corrected chi connectivity index (χ0v) is 8.82. The Kier molecular flexibility index (Phi) is 9.05. The van der Waals surface area contributed by atoms with E-state index < -0.39 is 0 Å². The van der Waals surface area contributed by atoms with Crippen LogP contribution in [-0.4, -0.2) is 19.5 Å². The summed E-state index contributed by atoms with van der Waals surface area (Å²) in [5.74, 6) is 0. The van der Waals surface area contributed by atoms with Crippen LogP contribution in [0.25, 0.3) is 0 Å². The topological polar surface area (TPSA) is 18.5 Å². The summed E-state index contributed by atoms with van der Waals surface area (Å²) in [5, 5.41) is 0. The molecule has 0 heterocycles. The maximum absolute atomic E-state index is 5.37. The zero-order valence-electron chi connectivity index (χ0n) is 8.82. The van der Waals surface area contributed by atoms with Crippen LogP contribution in [0.5, 0.6) is 0 Å². The summed E-state index contributed by atoms with van der Waals surface area (Å²) in [6, 6.07) is 0. The molecule has 0 radical (unpaired) electrons. The van der Waals surface area contributed by atoms with Crippen LogP contribution in [0.1, 0.15) is 27.2 Å². The second-order valence-corrected chi connectivity index (χ2v) is 2.53. The van der Waals surface area contributed by atoms with Gasteiger partial charge in [0.25, 0.3) is 0 Å². The number of ether oxygens (including phenoxy) is 2. The van der Waals surface area contributed by atoms with E-state index in [1.807, 2.05) is 39.0 Å². The molecule has 0 aromatic carbocycles. The minimum atomic E-state index is -0.0866. The normalized spacial score (nSPS) is 12.3. The average molecular weight is 184 g/mol. The fourth-order valence-electron chi connectivity index (χ4n) is 0.935. The van der Waals surface area contributed by atoms with E-state index in [-0.39, 0.29) is 6.29 Å². The SMILES string of the molecule is C/C=C\C=C\CC(OCC)OCC. The van der Waals surface area contributed by atoms with E-state index in [0.29, 0.717) is 13.2 Å². The molecule has 0 rings (SSSR count). The van der Waals surface area contributed by atoms with Gasteiger partial charge in [0, 0.05) is 19.6 Å². The van der Waals surface area contributed by atoms with Gasteiger partial charge in [-0.1, -0.05) is 24.3 Å². The fourth-order valence-corrected chi connectivity index (χ4v) is 0.935. The van der Waals surface area contributed by atoms with Gasteiger partial charge in [0.1, 0.15) is 0 Å². The Morgan fingerprint density at radius 2 is 1.69 bits per heavy atom. The van der Waals surface area contributed by atoms with E-state index in [1.165, 1.54) is 0 Å². The van der Waals surface area contributed by atoms with Gasteiger partial charge in [-0.25, -0.2) is 0 Å². The summed E-state index contributed by atoms with van der Waals surface area (Å²) in [5.41, 5.74) is 0. The molecule has 0 aromatic heterocycles. The van der Waals surface area contributed by atoms with Gasteiger partial charge in [-0.3, -0.25) is 0 Å². The van der Waals surface area contributed by atoms with E-state index in [1.54, 1.807) is 0 Å². The molecule has 76 valence electrons. The lowest BCUT2D eigenvalue weighted by Crippen LogP contribution is -2.16. The van der Waals surface area contributed by atoms with Gasteiger partial charge in [0.05, 0.1) is 0 Å². The molecule has 0 atom stereocenters. The molecule has 0 spiro atoms. The third-order valence-electron chi connectivity index (χ3n) is 1.47. The lowest BCUT2D eigenvalue weighted by atomic mass is 10.3. The summed E-state index contributed by atoms with van der Waals surface area (Å²) < 4.78 is 10.7. The van der Waals surface area contributed by atoms with E-state index in [0.717, 1.165) is 6.42 Å². The highest BCUT2D eigenvalue weighted by Gasteiger charge is 2.03. The smallest absolute Gasteiger partial charge is 0.160 e. The van der Waals surface area contributed by atoms with Crippen LogP contribution in [0.3, 0.4) is 0 Å². The Labute approximate surface area is 81.2 Å². The lowest BCUT2D eigenvalue weighted by molar-refractivity contribution is -0.133. The Morgan fingerprint density at radius 1 is 1.08 bits per heavy atom. The minimum absolute atomic E-state index is 0.0866. The second kappa shape index (κ2) is 9.49. The predicted molar refractivity (Wildman–Crippen MR) is 55.6 cm³/mol. The maximum atomic E-state index is 5.37. The third kappa shape index (κ3) is 7.75. The van der Waals surface area contributed by atoms with Gasteiger partial charge in [-0.15, -0.1) is 0 Å². The maximum Gasteiger partial charge on any atom is 0.160 e. The van der Waals surface area contributed by atoms with Crippen molar-refractivity contribution in [2.24, 2.45) is 0 Å². The first-order chi connectivity index (χ1) is 6.35. The van der Waals surface area contributed by atoms with Crippen molar-refractivity contribution in [3.05, 3.63) is 24.3 Å². The number of allylic oxidation sites excluding steroid dienone is 3. The quantitative estimate of drug-likeness (QED) is 0.447. The largest absolute Gasteiger partial charge is 0.353 e. The first kappa shape index (κ1) is 12.4. The highest BCUT2D eigenvalue weighted by atomic mass is 16.7. The summed E-state index contributed by atoms with van der Waals surface area (Å²) in [7, 11) is 0. The van der Waals surface area contributed by atoms with Crippen LogP contribution in [-0.2, 0) is 9.47 Å². The number of hydrogen-bond donors (Lipinski definition) is 0. The molecule has 2 heteroatoms. The van der Waals surface area contributed by atoms with Crippen molar-refractivity contribution in [2.75, 3.05) is 13.2 Å². The Morgan fingerprint density at radius 3 is 2.15 bits per heavy atom. The summed E-state index contributed by atoms with van der Waals surface area (Å²) in [6.07, 6.45) is 8.77. The van der Waals surface area contributed by atoms with Gasteiger partial charge in [-0.2, -0.15) is 0 Å². The van der Waals surface area contributed by atoms with Gasteiger partial charge >= 0.3 is 0 Å². The van der Waals surface area contributed by atoms with Crippen LogP contribution >= 0.6 is 0 Å².